The van der Waals surface area contributed by atoms with Crippen LogP contribution in [0.25, 0.3) is 10.8 Å². The fourth-order valence-corrected chi connectivity index (χ4v) is 2.68. The average molecular weight is 363 g/mol. The van der Waals surface area contributed by atoms with Crippen LogP contribution in [0.15, 0.2) is 65.8 Å². The first-order valence-corrected chi connectivity index (χ1v) is 8.67. The Balaban J connectivity index is 1.58. The minimum atomic E-state index is -0.292. The number of nitrogens with one attached hydrogen (secondary N) is 2. The van der Waals surface area contributed by atoms with Gasteiger partial charge >= 0.3 is 0 Å². The third-order valence-corrected chi connectivity index (χ3v) is 3.95. The summed E-state index contributed by atoms with van der Waals surface area (Å²) in [4.78, 5) is 12.0. The van der Waals surface area contributed by atoms with Gasteiger partial charge < -0.3 is 15.2 Å². The van der Waals surface area contributed by atoms with Gasteiger partial charge in [-0.05, 0) is 30.5 Å². The molecule has 1 amide bonds. The molecule has 0 aliphatic heterocycles. The van der Waals surface area contributed by atoms with Crippen LogP contribution >= 0.6 is 0 Å². The van der Waals surface area contributed by atoms with Gasteiger partial charge in [0.25, 0.3) is 5.91 Å². The van der Waals surface area contributed by atoms with Crippen LogP contribution in [0, 0.1) is 0 Å². The van der Waals surface area contributed by atoms with Crippen molar-refractivity contribution in [3.63, 3.8) is 0 Å². The monoisotopic (exact) mass is 363 g/mol. The Morgan fingerprint density at radius 1 is 1.11 bits per heavy atom. The van der Waals surface area contributed by atoms with E-state index in [-0.39, 0.29) is 18.2 Å². The van der Waals surface area contributed by atoms with Crippen molar-refractivity contribution in [1.29, 1.82) is 0 Å². The summed E-state index contributed by atoms with van der Waals surface area (Å²) >= 11 is 0. The molecule has 0 aliphatic carbocycles. The summed E-state index contributed by atoms with van der Waals surface area (Å²) in [7, 11) is 0. The minimum Gasteiger partial charge on any atom is -0.504 e. The number of benzene rings is 3. The zero-order valence-electron chi connectivity index (χ0n) is 15.0. The molecule has 0 saturated carbocycles. The second-order valence-electron chi connectivity index (χ2n) is 5.80. The van der Waals surface area contributed by atoms with Crippen molar-refractivity contribution < 1.29 is 14.6 Å². The van der Waals surface area contributed by atoms with Crippen LogP contribution in [0.1, 0.15) is 12.5 Å². The number of hydrogen-bond donors (Lipinski definition) is 3. The van der Waals surface area contributed by atoms with Gasteiger partial charge in [0.1, 0.15) is 0 Å². The van der Waals surface area contributed by atoms with E-state index in [1.165, 1.54) is 6.21 Å². The highest BCUT2D eigenvalue weighted by Gasteiger charge is 2.06. The molecule has 0 unspecified atom stereocenters. The number of nitrogens with zero attached hydrogens (tertiary/aromatic N) is 1. The van der Waals surface area contributed by atoms with Crippen LogP contribution in [-0.2, 0) is 4.79 Å². The van der Waals surface area contributed by atoms with Crippen LogP contribution in [0.3, 0.4) is 0 Å². The first-order valence-electron chi connectivity index (χ1n) is 8.67. The molecule has 0 radical (unpaired) electrons. The molecule has 138 valence electrons. The van der Waals surface area contributed by atoms with Gasteiger partial charge in [-0.3, -0.25) is 4.79 Å². The molecule has 0 aliphatic rings. The van der Waals surface area contributed by atoms with Crippen LogP contribution in [0.5, 0.6) is 11.5 Å². The normalized spacial score (nSPS) is 10.9. The zero-order valence-corrected chi connectivity index (χ0v) is 15.0. The molecule has 0 fully saturated rings. The lowest BCUT2D eigenvalue weighted by molar-refractivity contribution is -0.119. The SMILES string of the molecule is CCOc1cccc(C=NNC(=O)CNc2cccc3ccccc23)c1O. The van der Waals surface area contributed by atoms with E-state index in [2.05, 4.69) is 15.8 Å². The summed E-state index contributed by atoms with van der Waals surface area (Å²) < 4.78 is 5.32. The number of ether oxygens (including phenoxy) is 1. The summed E-state index contributed by atoms with van der Waals surface area (Å²) in [5.41, 5.74) is 3.79. The number of amides is 1. The fourth-order valence-electron chi connectivity index (χ4n) is 2.68. The quantitative estimate of drug-likeness (QED) is 0.443. The van der Waals surface area contributed by atoms with E-state index in [0.717, 1.165) is 16.5 Å². The third kappa shape index (κ3) is 4.55. The van der Waals surface area contributed by atoms with Gasteiger partial charge in [0.2, 0.25) is 0 Å². The number of anilines is 1. The molecule has 0 aromatic heterocycles. The smallest absolute Gasteiger partial charge is 0.259 e. The zero-order chi connectivity index (χ0) is 19.1. The molecule has 0 heterocycles. The Kier molecular flexibility index (Phi) is 5.89. The second-order valence-corrected chi connectivity index (χ2v) is 5.80. The lowest BCUT2D eigenvalue weighted by atomic mass is 10.1. The fraction of sp³-hybridized carbons (Fsp3) is 0.143. The van der Waals surface area contributed by atoms with Crippen LogP contribution < -0.4 is 15.5 Å². The van der Waals surface area contributed by atoms with Crippen LogP contribution in [0.4, 0.5) is 5.69 Å². The molecule has 3 N–H and O–H groups in total. The molecule has 0 spiro atoms. The number of phenolic OH excluding ortho intramolecular Hbond substituents is 1. The first kappa shape index (κ1) is 18.3. The number of para-hydroxylation sites is 1. The predicted octanol–water partition coefficient (Wildman–Crippen LogP) is 3.51. The summed E-state index contributed by atoms with van der Waals surface area (Å²) in [5.74, 6) is 0.0799. The Morgan fingerprint density at radius 3 is 2.74 bits per heavy atom. The van der Waals surface area contributed by atoms with Gasteiger partial charge in [0.05, 0.1) is 19.4 Å². The molecule has 6 heteroatoms. The second kappa shape index (κ2) is 8.71. The lowest BCUT2D eigenvalue weighted by Gasteiger charge is -2.09. The van der Waals surface area contributed by atoms with Crippen LogP contribution in [0.2, 0.25) is 0 Å². The Labute approximate surface area is 157 Å². The largest absolute Gasteiger partial charge is 0.504 e. The van der Waals surface area contributed by atoms with Crippen molar-refractivity contribution in [2.45, 2.75) is 6.92 Å². The maximum Gasteiger partial charge on any atom is 0.259 e. The predicted molar refractivity (Wildman–Crippen MR) is 107 cm³/mol. The van der Waals surface area contributed by atoms with Crippen molar-refractivity contribution in [2.75, 3.05) is 18.5 Å². The number of rotatable bonds is 7. The summed E-state index contributed by atoms with van der Waals surface area (Å²) in [6.45, 7) is 2.37. The number of aromatic hydroxyl groups is 1. The van der Waals surface area contributed by atoms with E-state index < -0.39 is 0 Å². The highest BCUT2D eigenvalue weighted by atomic mass is 16.5. The van der Waals surface area contributed by atoms with E-state index in [4.69, 9.17) is 4.74 Å². The van der Waals surface area contributed by atoms with Gasteiger partial charge in [-0.15, -0.1) is 0 Å². The molecular weight excluding hydrogens is 342 g/mol. The van der Waals surface area contributed by atoms with Crippen molar-refractivity contribution in [3.05, 3.63) is 66.2 Å². The van der Waals surface area contributed by atoms with E-state index in [0.29, 0.717) is 17.9 Å². The van der Waals surface area contributed by atoms with Crippen molar-refractivity contribution in [3.8, 4) is 11.5 Å². The highest BCUT2D eigenvalue weighted by molar-refractivity contribution is 5.95. The highest BCUT2D eigenvalue weighted by Crippen LogP contribution is 2.28. The Morgan fingerprint density at radius 2 is 1.89 bits per heavy atom. The minimum absolute atomic E-state index is 0.00812. The molecule has 3 rings (SSSR count). The van der Waals surface area contributed by atoms with Gasteiger partial charge in [-0.25, -0.2) is 5.43 Å². The Bertz CT molecular complexity index is 965. The molecular formula is C21H21N3O3. The number of phenols is 1. The van der Waals surface area contributed by atoms with Gasteiger partial charge in [0, 0.05) is 16.6 Å². The molecule has 0 bridgehead atoms. The first-order chi connectivity index (χ1) is 13.2. The molecule has 0 saturated heterocycles. The van der Waals surface area contributed by atoms with E-state index >= 15 is 0 Å². The average Bonchev–Trinajstić information content (AvgIpc) is 2.69. The summed E-state index contributed by atoms with van der Waals surface area (Å²) in [5, 5.41) is 19.3. The van der Waals surface area contributed by atoms with Crippen molar-refractivity contribution in [2.24, 2.45) is 5.10 Å². The topological polar surface area (TPSA) is 83.0 Å². The van der Waals surface area contributed by atoms with Gasteiger partial charge in [-0.1, -0.05) is 42.5 Å². The maximum atomic E-state index is 12.0. The van der Waals surface area contributed by atoms with Crippen molar-refractivity contribution in [1.82, 2.24) is 5.43 Å². The molecule has 6 nitrogen and oxygen atoms in total. The molecule has 3 aromatic carbocycles. The number of carbonyl (C=O) groups is 1. The standard InChI is InChI=1S/C21H21N3O3/c1-2-27-19-12-6-9-16(21(19)26)13-23-24-20(25)14-22-18-11-5-8-15-7-3-4-10-17(15)18/h3-13,22,26H,2,14H2,1H3,(H,24,25). The number of fused-ring (bicyclic) bond motifs is 1. The summed E-state index contributed by atoms with van der Waals surface area (Å²) in [6.07, 6.45) is 1.38. The number of hydrogen-bond acceptors (Lipinski definition) is 5. The van der Waals surface area contributed by atoms with E-state index in [9.17, 15) is 9.90 Å². The van der Waals surface area contributed by atoms with E-state index in [1.807, 2.05) is 49.4 Å². The van der Waals surface area contributed by atoms with Crippen molar-refractivity contribution >= 4 is 28.6 Å². The third-order valence-electron chi connectivity index (χ3n) is 3.95. The van der Waals surface area contributed by atoms with Crippen LogP contribution in [-0.4, -0.2) is 30.4 Å². The number of carbonyl (C=O) groups excluding carboxylic acids is 1. The molecule has 0 atom stereocenters. The molecule has 27 heavy (non-hydrogen) atoms. The maximum absolute atomic E-state index is 12.0. The summed E-state index contributed by atoms with van der Waals surface area (Å²) in [6, 6.07) is 18.9. The van der Waals surface area contributed by atoms with Gasteiger partial charge in [-0.2, -0.15) is 5.10 Å². The van der Waals surface area contributed by atoms with Gasteiger partial charge in [0.15, 0.2) is 11.5 Å². The molecule has 3 aromatic rings. The number of hydrazone groups is 1. The lowest BCUT2D eigenvalue weighted by Crippen LogP contribution is -2.25. The Hall–Kier alpha value is -3.54. The van der Waals surface area contributed by atoms with E-state index in [1.54, 1.807) is 18.2 Å².